The molecule has 0 heterocycles. The normalized spacial score (nSPS) is 14.8. The molecular weight excluding hydrogens is 228 g/mol. The van der Waals surface area contributed by atoms with Gasteiger partial charge in [-0.1, -0.05) is 22.0 Å². The lowest BCUT2D eigenvalue weighted by molar-refractivity contribution is 0.366. The first-order chi connectivity index (χ1) is 6.31. The second-order valence-corrected chi connectivity index (χ2v) is 4.03. The highest BCUT2D eigenvalue weighted by atomic mass is 79.9. The zero-order chi connectivity index (χ0) is 9.26. The Morgan fingerprint density at radius 2 is 2.23 bits per heavy atom. The Morgan fingerprint density at radius 3 is 3.00 bits per heavy atom. The Balaban J connectivity index is 2.51. The molecule has 0 spiro atoms. The molecule has 0 fully saturated rings. The maximum Gasteiger partial charge on any atom is 0.122 e. The molecule has 0 radical (unpaired) electrons. The summed E-state index contributed by atoms with van der Waals surface area (Å²) in [4.78, 5) is 0. The van der Waals surface area contributed by atoms with Crippen LogP contribution < -0.4 is 0 Å². The summed E-state index contributed by atoms with van der Waals surface area (Å²) in [5, 5.41) is 0. The monoisotopic (exact) mass is 238 g/mol. The number of methoxy groups -OCH3 is 1. The molecule has 2 heteroatoms. The van der Waals surface area contributed by atoms with Crippen LogP contribution in [0.4, 0.5) is 0 Å². The van der Waals surface area contributed by atoms with Gasteiger partial charge in [0.15, 0.2) is 0 Å². The van der Waals surface area contributed by atoms with Crippen LogP contribution in [0.3, 0.4) is 0 Å². The lowest BCUT2D eigenvalue weighted by Gasteiger charge is -2.16. The topological polar surface area (TPSA) is 9.23 Å². The van der Waals surface area contributed by atoms with Crippen molar-refractivity contribution in [3.05, 3.63) is 39.9 Å². The number of hydrogen-bond acceptors (Lipinski definition) is 1. The lowest BCUT2D eigenvalue weighted by Crippen LogP contribution is -2.00. The first-order valence-corrected chi connectivity index (χ1v) is 5.13. The number of hydrogen-bond donors (Lipinski definition) is 0. The Bertz CT molecular complexity index is 355. The first kappa shape index (κ1) is 8.82. The third kappa shape index (κ3) is 1.63. The molecule has 0 aliphatic heterocycles. The predicted molar refractivity (Wildman–Crippen MR) is 57.4 cm³/mol. The second-order valence-electron chi connectivity index (χ2n) is 3.11. The molecular formula is C11H11BrO. The summed E-state index contributed by atoms with van der Waals surface area (Å²) in [6.45, 7) is 0. The van der Waals surface area contributed by atoms with Gasteiger partial charge in [0.1, 0.15) is 5.76 Å². The minimum Gasteiger partial charge on any atom is -0.496 e. The molecule has 0 amide bonds. The van der Waals surface area contributed by atoms with Crippen molar-refractivity contribution in [2.24, 2.45) is 0 Å². The average molecular weight is 239 g/mol. The lowest BCUT2D eigenvalue weighted by atomic mass is 9.96. The van der Waals surface area contributed by atoms with E-state index in [1.165, 1.54) is 11.1 Å². The highest BCUT2D eigenvalue weighted by Gasteiger charge is 2.12. The fraction of sp³-hybridized carbons (Fsp3) is 0.273. The molecule has 0 N–H and O–H groups in total. The van der Waals surface area contributed by atoms with Gasteiger partial charge in [0.05, 0.1) is 7.11 Å². The van der Waals surface area contributed by atoms with Crippen LogP contribution in [0.5, 0.6) is 0 Å². The summed E-state index contributed by atoms with van der Waals surface area (Å²) in [6.07, 6.45) is 4.35. The van der Waals surface area contributed by atoms with E-state index in [0.717, 1.165) is 23.1 Å². The highest BCUT2D eigenvalue weighted by Crippen LogP contribution is 2.29. The quantitative estimate of drug-likeness (QED) is 0.729. The van der Waals surface area contributed by atoms with Crippen molar-refractivity contribution in [1.29, 1.82) is 0 Å². The van der Waals surface area contributed by atoms with Crippen LogP contribution in [0, 0.1) is 0 Å². The minimum absolute atomic E-state index is 1.00. The van der Waals surface area contributed by atoms with E-state index in [9.17, 15) is 0 Å². The smallest absolute Gasteiger partial charge is 0.122 e. The van der Waals surface area contributed by atoms with E-state index in [-0.39, 0.29) is 0 Å². The number of halogens is 1. The van der Waals surface area contributed by atoms with Crippen molar-refractivity contribution in [3.8, 4) is 0 Å². The molecule has 13 heavy (non-hydrogen) atoms. The largest absolute Gasteiger partial charge is 0.496 e. The van der Waals surface area contributed by atoms with Gasteiger partial charge in [0, 0.05) is 10.0 Å². The fourth-order valence-corrected chi connectivity index (χ4v) is 2.02. The number of rotatable bonds is 1. The van der Waals surface area contributed by atoms with Crippen molar-refractivity contribution in [1.82, 2.24) is 0 Å². The van der Waals surface area contributed by atoms with E-state index >= 15 is 0 Å². The number of benzene rings is 1. The number of aryl methyl sites for hydroxylation is 1. The molecule has 0 saturated carbocycles. The molecule has 1 aromatic carbocycles. The number of allylic oxidation sites excluding steroid dienone is 1. The summed E-state index contributed by atoms with van der Waals surface area (Å²) < 4.78 is 6.42. The molecule has 1 nitrogen and oxygen atoms in total. The molecule has 0 saturated heterocycles. The minimum atomic E-state index is 1.00. The van der Waals surface area contributed by atoms with Gasteiger partial charge in [-0.2, -0.15) is 0 Å². The van der Waals surface area contributed by atoms with Gasteiger partial charge in [-0.15, -0.1) is 0 Å². The molecule has 1 aromatic rings. The van der Waals surface area contributed by atoms with Crippen LogP contribution in [0.1, 0.15) is 17.5 Å². The maximum atomic E-state index is 5.31. The van der Waals surface area contributed by atoms with Gasteiger partial charge in [0.2, 0.25) is 0 Å². The summed E-state index contributed by atoms with van der Waals surface area (Å²) in [5.41, 5.74) is 2.60. The van der Waals surface area contributed by atoms with Crippen LogP contribution in [0.15, 0.2) is 28.7 Å². The Labute approximate surface area is 86.5 Å². The van der Waals surface area contributed by atoms with Crippen LogP contribution in [-0.4, -0.2) is 7.11 Å². The van der Waals surface area contributed by atoms with Crippen LogP contribution in [-0.2, 0) is 11.2 Å². The summed E-state index contributed by atoms with van der Waals surface area (Å²) >= 11 is 3.46. The van der Waals surface area contributed by atoms with E-state index in [1.54, 1.807) is 7.11 Å². The van der Waals surface area contributed by atoms with E-state index in [0.29, 0.717) is 0 Å². The Morgan fingerprint density at radius 1 is 1.38 bits per heavy atom. The number of fused-ring (bicyclic) bond motifs is 1. The van der Waals surface area contributed by atoms with Gasteiger partial charge in [-0.3, -0.25) is 0 Å². The summed E-state index contributed by atoms with van der Waals surface area (Å²) in [7, 11) is 1.72. The van der Waals surface area contributed by atoms with Gasteiger partial charge in [-0.05, 0) is 36.6 Å². The van der Waals surface area contributed by atoms with E-state index < -0.39 is 0 Å². The second kappa shape index (κ2) is 3.54. The van der Waals surface area contributed by atoms with Crippen molar-refractivity contribution in [3.63, 3.8) is 0 Å². The van der Waals surface area contributed by atoms with Crippen molar-refractivity contribution < 1.29 is 4.74 Å². The van der Waals surface area contributed by atoms with Gasteiger partial charge >= 0.3 is 0 Å². The van der Waals surface area contributed by atoms with Gasteiger partial charge in [0.25, 0.3) is 0 Å². The molecule has 68 valence electrons. The highest BCUT2D eigenvalue weighted by molar-refractivity contribution is 9.10. The molecule has 0 bridgehead atoms. The zero-order valence-electron chi connectivity index (χ0n) is 7.51. The maximum absolute atomic E-state index is 5.31. The predicted octanol–water partition coefficient (Wildman–Crippen LogP) is 3.38. The third-order valence-electron chi connectivity index (χ3n) is 2.30. The third-order valence-corrected chi connectivity index (χ3v) is 2.79. The van der Waals surface area contributed by atoms with Gasteiger partial charge in [-0.25, -0.2) is 0 Å². The van der Waals surface area contributed by atoms with Gasteiger partial charge < -0.3 is 4.74 Å². The molecule has 1 aliphatic carbocycles. The summed E-state index contributed by atoms with van der Waals surface area (Å²) in [6, 6.07) is 6.35. The molecule has 0 aromatic heterocycles. The fourth-order valence-electron chi connectivity index (χ4n) is 1.66. The van der Waals surface area contributed by atoms with Crippen molar-refractivity contribution in [2.75, 3.05) is 7.11 Å². The van der Waals surface area contributed by atoms with E-state index in [4.69, 9.17) is 4.74 Å². The first-order valence-electron chi connectivity index (χ1n) is 4.34. The van der Waals surface area contributed by atoms with Crippen LogP contribution in [0.25, 0.3) is 5.76 Å². The van der Waals surface area contributed by atoms with Crippen LogP contribution in [0.2, 0.25) is 0 Å². The standard InChI is InChI=1S/C11H11BrO/c1-13-11-4-2-3-8-5-6-9(12)7-10(8)11/h4-7H,2-3H2,1H3. The van der Waals surface area contributed by atoms with E-state index in [1.807, 2.05) is 0 Å². The van der Waals surface area contributed by atoms with Crippen molar-refractivity contribution in [2.45, 2.75) is 12.8 Å². The molecule has 1 aliphatic rings. The number of ether oxygens (including phenoxy) is 1. The van der Waals surface area contributed by atoms with Crippen LogP contribution >= 0.6 is 15.9 Å². The SMILES string of the molecule is COC1=CCCc2ccc(Br)cc21. The molecule has 2 rings (SSSR count). The molecule has 0 unspecified atom stereocenters. The summed E-state index contributed by atoms with van der Waals surface area (Å²) in [5.74, 6) is 1.00. The van der Waals surface area contributed by atoms with E-state index in [2.05, 4.69) is 40.2 Å². The molecule has 0 atom stereocenters. The Hall–Kier alpha value is -0.760. The zero-order valence-corrected chi connectivity index (χ0v) is 9.10. The average Bonchev–Trinajstić information content (AvgIpc) is 2.17. The Kier molecular flexibility index (Phi) is 2.40. The van der Waals surface area contributed by atoms with Crippen molar-refractivity contribution >= 4 is 21.7 Å².